The Morgan fingerprint density at radius 2 is 2.31 bits per heavy atom. The molecule has 0 atom stereocenters. The molecular weight excluding hydrogens is 226 g/mol. The molecule has 3 nitrogen and oxygen atoms in total. The molecule has 0 spiro atoms. The molecule has 0 bridgehead atoms. The van der Waals surface area contributed by atoms with E-state index in [1.165, 1.54) is 6.21 Å². The summed E-state index contributed by atoms with van der Waals surface area (Å²) in [7, 11) is 0. The van der Waals surface area contributed by atoms with Gasteiger partial charge in [-0.2, -0.15) is 0 Å². The van der Waals surface area contributed by atoms with Crippen LogP contribution in [0.15, 0.2) is 29.9 Å². The molecule has 0 saturated heterocycles. The molecule has 0 amide bonds. The molecule has 0 saturated carbocycles. The minimum atomic E-state index is 0.137. The summed E-state index contributed by atoms with van der Waals surface area (Å²) in [5.41, 5.74) is 1.36. The first-order valence-corrected chi connectivity index (χ1v) is 5.28. The van der Waals surface area contributed by atoms with Crippen molar-refractivity contribution in [3.63, 3.8) is 0 Å². The van der Waals surface area contributed by atoms with Crippen LogP contribution in [0.3, 0.4) is 0 Å². The standard InChI is InChI=1S/C12H14ClNO2/c1-3-4-5-16-14-8-10-7-11(13)9(2)6-12(10)15/h3,6-8,15H,1,4-5H2,2H3/b14-8+. The number of hydrogen-bond acceptors (Lipinski definition) is 3. The van der Waals surface area contributed by atoms with Crippen LogP contribution in [-0.2, 0) is 4.84 Å². The predicted octanol–water partition coefficient (Wildman–Crippen LogP) is 3.28. The third-order valence-electron chi connectivity index (χ3n) is 1.99. The molecule has 16 heavy (non-hydrogen) atoms. The van der Waals surface area contributed by atoms with E-state index in [4.69, 9.17) is 16.4 Å². The lowest BCUT2D eigenvalue weighted by Gasteiger charge is -2.02. The van der Waals surface area contributed by atoms with E-state index in [0.29, 0.717) is 17.2 Å². The van der Waals surface area contributed by atoms with Crippen molar-refractivity contribution < 1.29 is 9.94 Å². The third kappa shape index (κ3) is 3.59. The van der Waals surface area contributed by atoms with E-state index in [9.17, 15) is 5.11 Å². The average molecular weight is 240 g/mol. The van der Waals surface area contributed by atoms with E-state index < -0.39 is 0 Å². The van der Waals surface area contributed by atoms with Gasteiger partial charge >= 0.3 is 0 Å². The topological polar surface area (TPSA) is 41.8 Å². The normalized spacial score (nSPS) is 10.6. The molecule has 86 valence electrons. The Kier molecular flexibility index (Phi) is 4.86. The molecular formula is C12H14ClNO2. The number of phenolic OH excluding ortho intramolecular Hbond substituents is 1. The number of benzene rings is 1. The quantitative estimate of drug-likeness (QED) is 0.371. The van der Waals surface area contributed by atoms with Gasteiger partial charge in [0.05, 0.1) is 6.21 Å². The molecule has 1 aromatic rings. The van der Waals surface area contributed by atoms with Gasteiger partial charge in [0, 0.05) is 17.0 Å². The van der Waals surface area contributed by atoms with Gasteiger partial charge in [-0.05, 0) is 24.6 Å². The number of oxime groups is 1. The first-order chi connectivity index (χ1) is 7.65. The average Bonchev–Trinajstić information content (AvgIpc) is 2.25. The maximum Gasteiger partial charge on any atom is 0.124 e. The lowest BCUT2D eigenvalue weighted by Crippen LogP contribution is -1.89. The van der Waals surface area contributed by atoms with Crippen molar-refractivity contribution in [1.29, 1.82) is 0 Å². The summed E-state index contributed by atoms with van der Waals surface area (Å²) in [6.45, 7) is 5.86. The Labute approximate surface area is 100.0 Å². The summed E-state index contributed by atoms with van der Waals surface area (Å²) >= 11 is 5.92. The summed E-state index contributed by atoms with van der Waals surface area (Å²) in [4.78, 5) is 4.95. The van der Waals surface area contributed by atoms with Crippen LogP contribution in [0, 0.1) is 6.92 Å². The highest BCUT2D eigenvalue weighted by atomic mass is 35.5. The van der Waals surface area contributed by atoms with Crippen LogP contribution in [0.5, 0.6) is 5.75 Å². The minimum absolute atomic E-state index is 0.137. The molecule has 1 rings (SSSR count). The number of hydrogen-bond donors (Lipinski definition) is 1. The minimum Gasteiger partial charge on any atom is -0.507 e. The number of nitrogens with zero attached hydrogens (tertiary/aromatic N) is 1. The number of aryl methyl sites for hydroxylation is 1. The largest absolute Gasteiger partial charge is 0.507 e. The van der Waals surface area contributed by atoms with Crippen molar-refractivity contribution in [3.05, 3.63) is 40.9 Å². The summed E-state index contributed by atoms with van der Waals surface area (Å²) in [6.07, 6.45) is 3.91. The van der Waals surface area contributed by atoms with Crippen LogP contribution in [0.1, 0.15) is 17.5 Å². The first-order valence-electron chi connectivity index (χ1n) is 4.90. The maximum atomic E-state index is 9.60. The van der Waals surface area contributed by atoms with E-state index in [1.807, 2.05) is 6.92 Å². The zero-order chi connectivity index (χ0) is 12.0. The van der Waals surface area contributed by atoms with Crippen LogP contribution < -0.4 is 0 Å². The van der Waals surface area contributed by atoms with Crippen molar-refractivity contribution >= 4 is 17.8 Å². The molecule has 0 fully saturated rings. The second-order valence-corrected chi connectivity index (χ2v) is 3.71. The van der Waals surface area contributed by atoms with Gasteiger partial charge in [-0.3, -0.25) is 0 Å². The van der Waals surface area contributed by atoms with Gasteiger partial charge in [0.25, 0.3) is 0 Å². The van der Waals surface area contributed by atoms with Gasteiger partial charge in [-0.25, -0.2) is 0 Å². The summed E-state index contributed by atoms with van der Waals surface area (Å²) in [5.74, 6) is 0.137. The molecule has 0 aromatic heterocycles. The number of rotatable bonds is 5. The van der Waals surface area contributed by atoms with Crippen molar-refractivity contribution in [3.8, 4) is 5.75 Å². The van der Waals surface area contributed by atoms with Gasteiger partial charge in [0.2, 0.25) is 0 Å². The molecule has 1 aromatic carbocycles. The van der Waals surface area contributed by atoms with Crippen LogP contribution in [0.4, 0.5) is 0 Å². The Bertz CT molecular complexity index is 402. The highest BCUT2D eigenvalue weighted by Crippen LogP contribution is 2.24. The number of phenols is 1. The lowest BCUT2D eigenvalue weighted by molar-refractivity contribution is 0.151. The molecule has 4 heteroatoms. The lowest BCUT2D eigenvalue weighted by atomic mass is 10.1. The van der Waals surface area contributed by atoms with Gasteiger partial charge in [-0.1, -0.05) is 22.8 Å². The van der Waals surface area contributed by atoms with E-state index in [2.05, 4.69) is 11.7 Å². The van der Waals surface area contributed by atoms with Gasteiger partial charge in [0.1, 0.15) is 12.4 Å². The molecule has 0 aliphatic rings. The summed E-state index contributed by atoms with van der Waals surface area (Å²) in [6, 6.07) is 3.24. The van der Waals surface area contributed by atoms with Crippen LogP contribution in [0.2, 0.25) is 5.02 Å². The van der Waals surface area contributed by atoms with Crippen molar-refractivity contribution in [1.82, 2.24) is 0 Å². The summed E-state index contributed by atoms with van der Waals surface area (Å²) in [5, 5.41) is 13.9. The smallest absolute Gasteiger partial charge is 0.124 e. The van der Waals surface area contributed by atoms with E-state index in [-0.39, 0.29) is 5.75 Å². The first kappa shape index (κ1) is 12.6. The number of aromatic hydroxyl groups is 1. The van der Waals surface area contributed by atoms with Crippen molar-refractivity contribution in [2.45, 2.75) is 13.3 Å². The monoisotopic (exact) mass is 239 g/mol. The van der Waals surface area contributed by atoms with Crippen molar-refractivity contribution in [2.75, 3.05) is 6.61 Å². The van der Waals surface area contributed by atoms with Gasteiger partial charge < -0.3 is 9.94 Å². The molecule has 0 heterocycles. The van der Waals surface area contributed by atoms with Crippen LogP contribution >= 0.6 is 11.6 Å². The van der Waals surface area contributed by atoms with Crippen LogP contribution in [-0.4, -0.2) is 17.9 Å². The molecule has 1 N–H and O–H groups in total. The second-order valence-electron chi connectivity index (χ2n) is 3.31. The van der Waals surface area contributed by atoms with Gasteiger partial charge in [0.15, 0.2) is 0 Å². The van der Waals surface area contributed by atoms with E-state index in [1.54, 1.807) is 18.2 Å². The molecule has 0 aliphatic heterocycles. The fraction of sp³-hybridized carbons (Fsp3) is 0.250. The Morgan fingerprint density at radius 3 is 3.00 bits per heavy atom. The Hall–Kier alpha value is -1.48. The predicted molar refractivity (Wildman–Crippen MR) is 66.2 cm³/mol. The van der Waals surface area contributed by atoms with Crippen LogP contribution in [0.25, 0.3) is 0 Å². The molecule has 0 aliphatic carbocycles. The summed E-state index contributed by atoms with van der Waals surface area (Å²) < 4.78 is 0. The highest BCUT2D eigenvalue weighted by Gasteiger charge is 2.02. The SMILES string of the molecule is C=CCCO/N=C/c1cc(Cl)c(C)cc1O. The maximum absolute atomic E-state index is 9.60. The molecule has 0 unspecified atom stereocenters. The van der Waals surface area contributed by atoms with Crippen molar-refractivity contribution in [2.24, 2.45) is 5.16 Å². The fourth-order valence-corrected chi connectivity index (χ4v) is 1.24. The van der Waals surface area contributed by atoms with E-state index in [0.717, 1.165) is 12.0 Å². The number of halogens is 1. The molecule has 0 radical (unpaired) electrons. The zero-order valence-corrected chi connectivity index (χ0v) is 9.87. The van der Waals surface area contributed by atoms with Gasteiger partial charge in [-0.15, -0.1) is 6.58 Å². The third-order valence-corrected chi connectivity index (χ3v) is 2.39. The second kappa shape index (κ2) is 6.18. The highest BCUT2D eigenvalue weighted by molar-refractivity contribution is 6.31. The Morgan fingerprint density at radius 1 is 1.56 bits per heavy atom. The van der Waals surface area contributed by atoms with E-state index >= 15 is 0 Å². The Balaban J connectivity index is 2.66. The fourth-order valence-electron chi connectivity index (χ4n) is 1.07. The zero-order valence-electron chi connectivity index (χ0n) is 9.11.